The van der Waals surface area contributed by atoms with E-state index in [9.17, 15) is 4.79 Å². The van der Waals surface area contributed by atoms with E-state index in [1.807, 2.05) is 36.1 Å². The molecular formula is C17H20ClN3O. The molecule has 0 bridgehead atoms. The maximum atomic E-state index is 12.7. The average molecular weight is 318 g/mol. The van der Waals surface area contributed by atoms with Gasteiger partial charge in [-0.1, -0.05) is 30.5 Å². The highest BCUT2D eigenvalue weighted by Crippen LogP contribution is 2.20. The number of nitrogens with zero attached hydrogens (tertiary/aromatic N) is 3. The first kappa shape index (κ1) is 15.1. The second-order valence-electron chi connectivity index (χ2n) is 5.74. The number of carbonyl (C=O) groups is 1. The largest absolute Gasteiger partial charge is 0.339 e. The van der Waals surface area contributed by atoms with Crippen LogP contribution in [0.25, 0.3) is 5.69 Å². The van der Waals surface area contributed by atoms with Gasteiger partial charge in [-0.2, -0.15) is 5.10 Å². The number of hydrogen-bond acceptors (Lipinski definition) is 2. The lowest BCUT2D eigenvalue weighted by Crippen LogP contribution is -2.32. The first-order valence-corrected chi connectivity index (χ1v) is 8.14. The van der Waals surface area contributed by atoms with Crippen LogP contribution in [0.3, 0.4) is 0 Å². The van der Waals surface area contributed by atoms with Gasteiger partial charge in [0.2, 0.25) is 0 Å². The summed E-state index contributed by atoms with van der Waals surface area (Å²) >= 11 is 6.04. The highest BCUT2D eigenvalue weighted by molar-refractivity contribution is 6.30. The SMILES string of the molecule is Cc1c(C(=O)N2CCCCCC2)cnn1-c1cccc(Cl)c1. The van der Waals surface area contributed by atoms with E-state index in [0.29, 0.717) is 10.6 Å². The summed E-state index contributed by atoms with van der Waals surface area (Å²) in [5.74, 6) is 0.0904. The predicted molar refractivity (Wildman–Crippen MR) is 87.7 cm³/mol. The van der Waals surface area contributed by atoms with Crippen LogP contribution >= 0.6 is 11.6 Å². The van der Waals surface area contributed by atoms with Crippen LogP contribution in [0.2, 0.25) is 5.02 Å². The van der Waals surface area contributed by atoms with Gasteiger partial charge in [-0.15, -0.1) is 0 Å². The Hall–Kier alpha value is -1.81. The molecule has 2 heterocycles. The number of rotatable bonds is 2. The molecule has 1 aliphatic rings. The molecule has 1 fully saturated rings. The van der Waals surface area contributed by atoms with Crippen molar-refractivity contribution in [3.63, 3.8) is 0 Å². The number of amides is 1. The number of carbonyl (C=O) groups excluding carboxylic acids is 1. The fraction of sp³-hybridized carbons (Fsp3) is 0.412. The Bertz CT molecular complexity index is 672. The highest BCUT2D eigenvalue weighted by atomic mass is 35.5. The fourth-order valence-corrected chi connectivity index (χ4v) is 3.12. The second kappa shape index (κ2) is 6.53. The molecule has 22 heavy (non-hydrogen) atoms. The molecule has 5 heteroatoms. The molecular weight excluding hydrogens is 298 g/mol. The number of hydrogen-bond donors (Lipinski definition) is 0. The molecule has 0 unspecified atom stereocenters. The van der Waals surface area contributed by atoms with E-state index in [2.05, 4.69) is 5.10 Å². The third-order valence-corrected chi connectivity index (χ3v) is 4.42. The van der Waals surface area contributed by atoms with Gasteiger partial charge < -0.3 is 4.90 Å². The van der Waals surface area contributed by atoms with Crippen LogP contribution < -0.4 is 0 Å². The minimum atomic E-state index is 0.0904. The van der Waals surface area contributed by atoms with E-state index in [0.717, 1.165) is 37.3 Å². The Balaban J connectivity index is 1.88. The number of benzene rings is 1. The van der Waals surface area contributed by atoms with Crippen molar-refractivity contribution in [2.24, 2.45) is 0 Å². The van der Waals surface area contributed by atoms with E-state index < -0.39 is 0 Å². The van der Waals surface area contributed by atoms with E-state index in [1.165, 1.54) is 12.8 Å². The Morgan fingerprint density at radius 1 is 1.18 bits per heavy atom. The Morgan fingerprint density at radius 2 is 1.91 bits per heavy atom. The Kier molecular flexibility index (Phi) is 4.48. The first-order chi connectivity index (χ1) is 10.7. The van der Waals surface area contributed by atoms with Gasteiger partial charge in [0, 0.05) is 18.1 Å². The van der Waals surface area contributed by atoms with Crippen molar-refractivity contribution in [3.8, 4) is 5.69 Å². The summed E-state index contributed by atoms with van der Waals surface area (Å²) in [6.45, 7) is 3.63. The molecule has 0 N–H and O–H groups in total. The molecule has 1 amide bonds. The minimum absolute atomic E-state index is 0.0904. The third-order valence-electron chi connectivity index (χ3n) is 4.19. The van der Waals surface area contributed by atoms with Gasteiger partial charge in [0.1, 0.15) is 0 Å². The molecule has 0 radical (unpaired) electrons. The molecule has 0 spiro atoms. The van der Waals surface area contributed by atoms with Gasteiger partial charge >= 0.3 is 0 Å². The van der Waals surface area contributed by atoms with Crippen molar-refractivity contribution in [2.75, 3.05) is 13.1 Å². The maximum absolute atomic E-state index is 12.7. The Morgan fingerprint density at radius 3 is 2.59 bits per heavy atom. The van der Waals surface area contributed by atoms with Crippen molar-refractivity contribution in [1.29, 1.82) is 0 Å². The maximum Gasteiger partial charge on any atom is 0.257 e. The molecule has 0 aliphatic carbocycles. The highest BCUT2D eigenvalue weighted by Gasteiger charge is 2.21. The summed E-state index contributed by atoms with van der Waals surface area (Å²) in [5, 5.41) is 5.04. The number of aromatic nitrogens is 2. The summed E-state index contributed by atoms with van der Waals surface area (Å²) in [4.78, 5) is 14.7. The van der Waals surface area contributed by atoms with Crippen LogP contribution in [0.1, 0.15) is 41.7 Å². The van der Waals surface area contributed by atoms with Crippen LogP contribution in [-0.4, -0.2) is 33.7 Å². The lowest BCUT2D eigenvalue weighted by molar-refractivity contribution is 0.0761. The Labute approximate surface area is 135 Å². The summed E-state index contributed by atoms with van der Waals surface area (Å²) in [5.41, 5.74) is 2.42. The molecule has 0 saturated carbocycles. The average Bonchev–Trinajstić information content (AvgIpc) is 2.73. The van der Waals surface area contributed by atoms with Crippen molar-refractivity contribution < 1.29 is 4.79 Å². The molecule has 4 nitrogen and oxygen atoms in total. The van der Waals surface area contributed by atoms with E-state index in [4.69, 9.17) is 11.6 Å². The van der Waals surface area contributed by atoms with Gasteiger partial charge in [0.15, 0.2) is 0 Å². The summed E-state index contributed by atoms with van der Waals surface area (Å²) in [6, 6.07) is 7.50. The normalized spacial score (nSPS) is 15.6. The van der Waals surface area contributed by atoms with Gasteiger partial charge in [0.05, 0.1) is 23.1 Å². The molecule has 2 aromatic rings. The third kappa shape index (κ3) is 3.02. The number of likely N-dealkylation sites (tertiary alicyclic amines) is 1. The zero-order valence-electron chi connectivity index (χ0n) is 12.8. The quantitative estimate of drug-likeness (QED) is 0.843. The summed E-state index contributed by atoms with van der Waals surface area (Å²) in [6.07, 6.45) is 6.28. The minimum Gasteiger partial charge on any atom is -0.339 e. The molecule has 116 valence electrons. The lowest BCUT2D eigenvalue weighted by atomic mass is 10.2. The van der Waals surface area contributed by atoms with Crippen LogP contribution in [0.15, 0.2) is 30.5 Å². The van der Waals surface area contributed by atoms with Gasteiger partial charge in [-0.25, -0.2) is 4.68 Å². The molecule has 3 rings (SSSR count). The van der Waals surface area contributed by atoms with E-state index in [-0.39, 0.29) is 5.91 Å². The van der Waals surface area contributed by atoms with Crippen molar-refractivity contribution in [2.45, 2.75) is 32.6 Å². The topological polar surface area (TPSA) is 38.1 Å². The number of halogens is 1. The van der Waals surface area contributed by atoms with Crippen molar-refractivity contribution in [1.82, 2.24) is 14.7 Å². The van der Waals surface area contributed by atoms with Gasteiger partial charge in [-0.05, 0) is 38.0 Å². The molecule has 1 aliphatic heterocycles. The van der Waals surface area contributed by atoms with E-state index in [1.54, 1.807) is 10.9 Å². The zero-order chi connectivity index (χ0) is 15.5. The van der Waals surface area contributed by atoms with Gasteiger partial charge in [-0.3, -0.25) is 4.79 Å². The van der Waals surface area contributed by atoms with Crippen LogP contribution in [0.5, 0.6) is 0 Å². The molecule has 1 saturated heterocycles. The molecule has 0 atom stereocenters. The predicted octanol–water partition coefficient (Wildman–Crippen LogP) is 3.85. The second-order valence-corrected chi connectivity index (χ2v) is 6.18. The van der Waals surface area contributed by atoms with Crippen LogP contribution in [0.4, 0.5) is 0 Å². The zero-order valence-corrected chi connectivity index (χ0v) is 13.5. The lowest BCUT2D eigenvalue weighted by Gasteiger charge is -2.20. The van der Waals surface area contributed by atoms with Crippen LogP contribution in [0, 0.1) is 6.92 Å². The standard InChI is InChI=1S/C17H20ClN3O/c1-13-16(17(22)20-9-4-2-3-5-10-20)12-19-21(13)15-8-6-7-14(18)11-15/h6-8,11-12H,2-5,9-10H2,1H3. The monoisotopic (exact) mass is 317 g/mol. The fourth-order valence-electron chi connectivity index (χ4n) is 2.93. The molecule has 1 aromatic carbocycles. The smallest absolute Gasteiger partial charge is 0.257 e. The summed E-state index contributed by atoms with van der Waals surface area (Å²) in [7, 11) is 0. The first-order valence-electron chi connectivity index (χ1n) is 7.76. The van der Waals surface area contributed by atoms with Crippen LogP contribution in [-0.2, 0) is 0 Å². The van der Waals surface area contributed by atoms with E-state index >= 15 is 0 Å². The molecule has 1 aromatic heterocycles. The van der Waals surface area contributed by atoms with Crippen molar-refractivity contribution in [3.05, 3.63) is 46.7 Å². The van der Waals surface area contributed by atoms with Gasteiger partial charge in [0.25, 0.3) is 5.91 Å². The van der Waals surface area contributed by atoms with Crippen molar-refractivity contribution >= 4 is 17.5 Å². The summed E-state index contributed by atoms with van der Waals surface area (Å²) < 4.78 is 1.77.